The number of hydrogen-bond donors (Lipinski definition) is 2. The molecule has 0 aliphatic carbocycles. The van der Waals surface area contributed by atoms with E-state index in [0.717, 1.165) is 37.7 Å². The SMILES string of the molecule is COc1ccc(NC(C)=O)cc1NC(=O)CN1CCN(Cc2ccc(Cl)cc2)CC1. The van der Waals surface area contributed by atoms with Crippen LogP contribution in [0.1, 0.15) is 12.5 Å². The first kappa shape index (κ1) is 22.1. The van der Waals surface area contributed by atoms with Crippen molar-refractivity contribution in [1.82, 2.24) is 9.80 Å². The molecule has 0 radical (unpaired) electrons. The van der Waals surface area contributed by atoms with Crippen molar-refractivity contribution < 1.29 is 14.3 Å². The number of methoxy groups -OCH3 is 1. The van der Waals surface area contributed by atoms with Gasteiger partial charge in [-0.15, -0.1) is 0 Å². The van der Waals surface area contributed by atoms with E-state index in [1.807, 2.05) is 24.3 Å². The van der Waals surface area contributed by atoms with Crippen molar-refractivity contribution in [2.45, 2.75) is 13.5 Å². The van der Waals surface area contributed by atoms with Gasteiger partial charge < -0.3 is 15.4 Å². The van der Waals surface area contributed by atoms with E-state index in [1.165, 1.54) is 12.5 Å². The molecule has 1 aliphatic rings. The second-order valence-corrected chi connectivity index (χ2v) is 7.76. The van der Waals surface area contributed by atoms with Crippen molar-refractivity contribution in [3.63, 3.8) is 0 Å². The van der Waals surface area contributed by atoms with Gasteiger partial charge in [-0.25, -0.2) is 0 Å². The minimum absolute atomic E-state index is 0.112. The molecule has 1 aliphatic heterocycles. The second kappa shape index (κ2) is 10.4. The van der Waals surface area contributed by atoms with Gasteiger partial charge in [0.2, 0.25) is 11.8 Å². The molecule has 1 saturated heterocycles. The third-order valence-corrected chi connectivity index (χ3v) is 5.20. The van der Waals surface area contributed by atoms with Gasteiger partial charge in [0.1, 0.15) is 5.75 Å². The van der Waals surface area contributed by atoms with Crippen LogP contribution >= 0.6 is 11.6 Å². The van der Waals surface area contributed by atoms with Crippen LogP contribution in [0.25, 0.3) is 0 Å². The lowest BCUT2D eigenvalue weighted by atomic mass is 10.2. The Bertz CT molecular complexity index is 880. The minimum Gasteiger partial charge on any atom is -0.495 e. The molecule has 0 saturated carbocycles. The molecule has 2 aromatic rings. The van der Waals surface area contributed by atoms with E-state index in [-0.39, 0.29) is 11.8 Å². The van der Waals surface area contributed by atoms with Gasteiger partial charge in [-0.2, -0.15) is 0 Å². The standard InChI is InChI=1S/C22H27ClN4O3/c1-16(28)24-19-7-8-21(30-2)20(13-19)25-22(29)15-27-11-9-26(10-12-27)14-17-3-5-18(23)6-4-17/h3-8,13H,9-12,14-15H2,1-2H3,(H,24,28)(H,25,29). The molecule has 0 aromatic heterocycles. The Hall–Kier alpha value is -2.61. The van der Waals surface area contributed by atoms with E-state index >= 15 is 0 Å². The maximum atomic E-state index is 12.6. The quantitative estimate of drug-likeness (QED) is 0.706. The monoisotopic (exact) mass is 430 g/mol. The number of piperazine rings is 1. The summed E-state index contributed by atoms with van der Waals surface area (Å²) < 4.78 is 5.32. The van der Waals surface area contributed by atoms with Crippen LogP contribution in [0.15, 0.2) is 42.5 Å². The van der Waals surface area contributed by atoms with Crippen LogP contribution in [-0.4, -0.2) is 61.4 Å². The number of carbonyl (C=O) groups is 2. The third-order valence-electron chi connectivity index (χ3n) is 4.95. The molecular weight excluding hydrogens is 404 g/mol. The Morgan fingerprint density at radius 2 is 1.67 bits per heavy atom. The molecule has 1 heterocycles. The van der Waals surface area contributed by atoms with Gasteiger partial charge in [0, 0.05) is 50.4 Å². The number of carbonyl (C=O) groups excluding carboxylic acids is 2. The fourth-order valence-electron chi connectivity index (χ4n) is 3.43. The van der Waals surface area contributed by atoms with Crippen LogP contribution in [0.3, 0.4) is 0 Å². The van der Waals surface area contributed by atoms with E-state index in [1.54, 1.807) is 25.3 Å². The first-order valence-electron chi connectivity index (χ1n) is 9.87. The molecule has 8 heteroatoms. The van der Waals surface area contributed by atoms with Crippen LogP contribution < -0.4 is 15.4 Å². The van der Waals surface area contributed by atoms with Crippen molar-refractivity contribution in [1.29, 1.82) is 0 Å². The Labute approximate surface area is 181 Å². The predicted molar refractivity (Wildman–Crippen MR) is 119 cm³/mol. The maximum Gasteiger partial charge on any atom is 0.238 e. The zero-order chi connectivity index (χ0) is 21.5. The average Bonchev–Trinajstić information content (AvgIpc) is 2.71. The lowest BCUT2D eigenvalue weighted by Gasteiger charge is -2.34. The smallest absolute Gasteiger partial charge is 0.238 e. The first-order valence-corrected chi connectivity index (χ1v) is 10.3. The Kier molecular flexibility index (Phi) is 7.68. The predicted octanol–water partition coefficient (Wildman–Crippen LogP) is 3.06. The van der Waals surface area contributed by atoms with Gasteiger partial charge in [0.05, 0.1) is 19.3 Å². The van der Waals surface area contributed by atoms with Gasteiger partial charge in [-0.3, -0.25) is 19.4 Å². The Morgan fingerprint density at radius 3 is 2.30 bits per heavy atom. The molecule has 0 unspecified atom stereocenters. The largest absolute Gasteiger partial charge is 0.495 e. The summed E-state index contributed by atoms with van der Waals surface area (Å²) in [5, 5.41) is 6.35. The van der Waals surface area contributed by atoms with Crippen molar-refractivity contribution in [3.8, 4) is 5.75 Å². The van der Waals surface area contributed by atoms with Crippen LogP contribution in [0.2, 0.25) is 5.02 Å². The molecule has 2 N–H and O–H groups in total. The summed E-state index contributed by atoms with van der Waals surface area (Å²) in [4.78, 5) is 28.3. The molecule has 0 bridgehead atoms. The van der Waals surface area contributed by atoms with Crippen LogP contribution in [0.5, 0.6) is 5.75 Å². The summed E-state index contributed by atoms with van der Waals surface area (Å²) in [6, 6.07) is 13.1. The van der Waals surface area contributed by atoms with E-state index in [4.69, 9.17) is 16.3 Å². The molecule has 0 spiro atoms. The highest BCUT2D eigenvalue weighted by atomic mass is 35.5. The first-order chi connectivity index (χ1) is 14.4. The molecule has 30 heavy (non-hydrogen) atoms. The summed E-state index contributed by atoms with van der Waals surface area (Å²) in [5.74, 6) is 0.263. The Morgan fingerprint density at radius 1 is 1.00 bits per heavy atom. The second-order valence-electron chi connectivity index (χ2n) is 7.32. The fraction of sp³-hybridized carbons (Fsp3) is 0.364. The lowest BCUT2D eigenvalue weighted by molar-refractivity contribution is -0.117. The normalized spacial score (nSPS) is 14.9. The maximum absolute atomic E-state index is 12.6. The molecule has 0 atom stereocenters. The van der Waals surface area contributed by atoms with E-state index in [9.17, 15) is 9.59 Å². The average molecular weight is 431 g/mol. The summed E-state index contributed by atoms with van der Waals surface area (Å²) in [7, 11) is 1.54. The van der Waals surface area contributed by atoms with Crippen LogP contribution in [-0.2, 0) is 16.1 Å². The van der Waals surface area contributed by atoms with Crippen molar-refractivity contribution >= 4 is 34.8 Å². The molecule has 7 nitrogen and oxygen atoms in total. The summed E-state index contributed by atoms with van der Waals surface area (Å²) in [5.41, 5.74) is 2.38. The number of nitrogens with one attached hydrogen (secondary N) is 2. The number of nitrogens with zero attached hydrogens (tertiary/aromatic N) is 2. The molecule has 1 fully saturated rings. The van der Waals surface area contributed by atoms with Crippen molar-refractivity contribution in [2.75, 3.05) is 50.5 Å². The van der Waals surface area contributed by atoms with Crippen LogP contribution in [0.4, 0.5) is 11.4 Å². The van der Waals surface area contributed by atoms with Crippen molar-refractivity contribution in [2.24, 2.45) is 0 Å². The molecule has 3 rings (SSSR count). The highest BCUT2D eigenvalue weighted by molar-refractivity contribution is 6.30. The van der Waals surface area contributed by atoms with Gasteiger partial charge in [0.15, 0.2) is 0 Å². The fourth-order valence-corrected chi connectivity index (χ4v) is 3.56. The molecule has 2 aromatic carbocycles. The van der Waals surface area contributed by atoms with E-state index < -0.39 is 0 Å². The highest BCUT2D eigenvalue weighted by Crippen LogP contribution is 2.28. The molecule has 2 amide bonds. The topological polar surface area (TPSA) is 73.9 Å². The van der Waals surface area contributed by atoms with Gasteiger partial charge in [-0.05, 0) is 35.9 Å². The highest BCUT2D eigenvalue weighted by Gasteiger charge is 2.20. The van der Waals surface area contributed by atoms with E-state index in [2.05, 4.69) is 20.4 Å². The molecular formula is C22H27ClN4O3. The molecule has 160 valence electrons. The number of hydrogen-bond acceptors (Lipinski definition) is 5. The zero-order valence-electron chi connectivity index (χ0n) is 17.3. The number of ether oxygens (including phenoxy) is 1. The summed E-state index contributed by atoms with van der Waals surface area (Å²) in [6.07, 6.45) is 0. The lowest BCUT2D eigenvalue weighted by Crippen LogP contribution is -2.48. The zero-order valence-corrected chi connectivity index (χ0v) is 18.0. The van der Waals surface area contributed by atoms with Crippen molar-refractivity contribution in [3.05, 3.63) is 53.1 Å². The number of rotatable bonds is 7. The summed E-state index contributed by atoms with van der Waals surface area (Å²) >= 11 is 5.95. The van der Waals surface area contributed by atoms with Gasteiger partial charge in [-0.1, -0.05) is 23.7 Å². The van der Waals surface area contributed by atoms with Gasteiger partial charge >= 0.3 is 0 Å². The Balaban J connectivity index is 1.50. The number of benzene rings is 2. The number of anilines is 2. The summed E-state index contributed by atoms with van der Waals surface area (Å²) in [6.45, 7) is 6.07. The minimum atomic E-state index is -0.172. The van der Waals surface area contributed by atoms with E-state index in [0.29, 0.717) is 23.7 Å². The third kappa shape index (κ3) is 6.45. The van der Waals surface area contributed by atoms with Gasteiger partial charge in [0.25, 0.3) is 0 Å². The van der Waals surface area contributed by atoms with Crippen LogP contribution in [0, 0.1) is 0 Å². The number of halogens is 1. The number of amides is 2.